The maximum Gasteiger partial charge on any atom is 0.0412 e. The predicted octanol–water partition coefficient (Wildman–Crippen LogP) is 4.20. The third-order valence-corrected chi connectivity index (χ3v) is 5.22. The van der Waals surface area contributed by atoms with Gasteiger partial charge in [0, 0.05) is 30.9 Å². The number of para-hydroxylation sites is 1. The van der Waals surface area contributed by atoms with E-state index in [0.717, 1.165) is 24.9 Å². The SMILES string of the molecule is CC(C)CCCN1CC(C)(C2CC2)NCc2ccccc21. The molecular formula is C19H30N2. The van der Waals surface area contributed by atoms with Crippen molar-refractivity contribution in [2.24, 2.45) is 11.8 Å². The van der Waals surface area contributed by atoms with E-state index in [2.05, 4.69) is 55.3 Å². The van der Waals surface area contributed by atoms with Crippen LogP contribution in [0.5, 0.6) is 0 Å². The van der Waals surface area contributed by atoms with Gasteiger partial charge in [0.05, 0.1) is 0 Å². The number of benzene rings is 1. The van der Waals surface area contributed by atoms with E-state index < -0.39 is 0 Å². The second-order valence-corrected chi connectivity index (χ2v) is 7.63. The summed E-state index contributed by atoms with van der Waals surface area (Å²) in [7, 11) is 0. The molecule has 0 bridgehead atoms. The Morgan fingerprint density at radius 3 is 2.76 bits per heavy atom. The van der Waals surface area contributed by atoms with Crippen LogP contribution in [0.15, 0.2) is 24.3 Å². The van der Waals surface area contributed by atoms with Crippen molar-refractivity contribution in [3.63, 3.8) is 0 Å². The van der Waals surface area contributed by atoms with Gasteiger partial charge in [0.15, 0.2) is 0 Å². The Labute approximate surface area is 129 Å². The topological polar surface area (TPSA) is 15.3 Å². The molecule has 0 spiro atoms. The average Bonchev–Trinajstić information content (AvgIpc) is 3.28. The Hall–Kier alpha value is -1.02. The quantitative estimate of drug-likeness (QED) is 0.872. The minimum Gasteiger partial charge on any atom is -0.369 e. The van der Waals surface area contributed by atoms with Gasteiger partial charge < -0.3 is 10.2 Å². The van der Waals surface area contributed by atoms with Gasteiger partial charge in [-0.15, -0.1) is 0 Å². The molecule has 1 aromatic rings. The first-order valence-corrected chi connectivity index (χ1v) is 8.66. The minimum absolute atomic E-state index is 0.289. The molecule has 1 unspecified atom stereocenters. The van der Waals surface area contributed by atoms with E-state index in [9.17, 15) is 0 Å². The third-order valence-electron chi connectivity index (χ3n) is 5.22. The molecule has 116 valence electrons. The molecule has 2 aliphatic rings. The Morgan fingerprint density at radius 2 is 2.05 bits per heavy atom. The fourth-order valence-corrected chi connectivity index (χ4v) is 3.69. The first-order chi connectivity index (χ1) is 10.1. The van der Waals surface area contributed by atoms with Gasteiger partial charge in [0.1, 0.15) is 0 Å². The molecule has 3 rings (SSSR count). The minimum atomic E-state index is 0.289. The van der Waals surface area contributed by atoms with Gasteiger partial charge in [-0.2, -0.15) is 0 Å². The Bertz CT molecular complexity index is 478. The summed E-state index contributed by atoms with van der Waals surface area (Å²) in [5, 5.41) is 3.86. The molecule has 1 N–H and O–H groups in total. The normalized spacial score (nSPS) is 25.8. The number of rotatable bonds is 5. The van der Waals surface area contributed by atoms with Gasteiger partial charge in [-0.05, 0) is 56.1 Å². The van der Waals surface area contributed by atoms with Gasteiger partial charge in [-0.1, -0.05) is 32.0 Å². The fraction of sp³-hybridized carbons (Fsp3) is 0.684. The number of anilines is 1. The first kappa shape index (κ1) is 14.9. The highest BCUT2D eigenvalue weighted by atomic mass is 15.2. The number of hydrogen-bond acceptors (Lipinski definition) is 2. The summed E-state index contributed by atoms with van der Waals surface area (Å²) in [5.41, 5.74) is 3.21. The average molecular weight is 286 g/mol. The number of nitrogens with zero attached hydrogens (tertiary/aromatic N) is 1. The van der Waals surface area contributed by atoms with Gasteiger partial charge in [0.2, 0.25) is 0 Å². The lowest BCUT2D eigenvalue weighted by Gasteiger charge is -2.35. The summed E-state index contributed by atoms with van der Waals surface area (Å²) in [4.78, 5) is 2.65. The van der Waals surface area contributed by atoms with Gasteiger partial charge in [-0.25, -0.2) is 0 Å². The predicted molar refractivity (Wildman–Crippen MR) is 90.7 cm³/mol. The van der Waals surface area contributed by atoms with Crippen molar-refractivity contribution < 1.29 is 0 Å². The van der Waals surface area contributed by atoms with Crippen LogP contribution >= 0.6 is 0 Å². The molecule has 1 atom stereocenters. The zero-order chi connectivity index (χ0) is 14.9. The van der Waals surface area contributed by atoms with Gasteiger partial charge >= 0.3 is 0 Å². The Morgan fingerprint density at radius 1 is 1.29 bits per heavy atom. The van der Waals surface area contributed by atoms with Crippen molar-refractivity contribution in [1.29, 1.82) is 0 Å². The zero-order valence-electron chi connectivity index (χ0n) is 13.9. The van der Waals surface area contributed by atoms with E-state index in [-0.39, 0.29) is 5.54 Å². The van der Waals surface area contributed by atoms with E-state index in [0.29, 0.717) is 0 Å². The molecule has 2 heteroatoms. The molecule has 1 aliphatic heterocycles. The molecule has 1 aromatic carbocycles. The van der Waals surface area contributed by atoms with Crippen LogP contribution in [0.25, 0.3) is 0 Å². The highest BCUT2D eigenvalue weighted by Gasteiger charge is 2.43. The maximum atomic E-state index is 3.86. The van der Waals surface area contributed by atoms with Crippen molar-refractivity contribution in [1.82, 2.24) is 5.32 Å². The van der Waals surface area contributed by atoms with Crippen molar-refractivity contribution in [2.45, 2.75) is 58.5 Å². The van der Waals surface area contributed by atoms with E-state index in [1.54, 1.807) is 0 Å². The number of hydrogen-bond donors (Lipinski definition) is 1. The van der Waals surface area contributed by atoms with Crippen LogP contribution < -0.4 is 10.2 Å². The van der Waals surface area contributed by atoms with Crippen LogP contribution in [0, 0.1) is 11.8 Å². The lowest BCUT2D eigenvalue weighted by Crippen LogP contribution is -2.51. The molecule has 0 amide bonds. The lowest BCUT2D eigenvalue weighted by atomic mass is 9.95. The van der Waals surface area contributed by atoms with Crippen molar-refractivity contribution in [3.8, 4) is 0 Å². The molecule has 1 aliphatic carbocycles. The Kier molecular flexibility index (Phi) is 4.26. The van der Waals surface area contributed by atoms with Crippen molar-refractivity contribution >= 4 is 5.69 Å². The first-order valence-electron chi connectivity index (χ1n) is 8.66. The highest BCUT2D eigenvalue weighted by Crippen LogP contribution is 2.42. The van der Waals surface area contributed by atoms with E-state index in [1.807, 2.05) is 0 Å². The third kappa shape index (κ3) is 3.42. The zero-order valence-corrected chi connectivity index (χ0v) is 13.9. The fourth-order valence-electron chi connectivity index (χ4n) is 3.69. The summed E-state index contributed by atoms with van der Waals surface area (Å²) in [6.07, 6.45) is 5.43. The molecule has 0 aromatic heterocycles. The van der Waals surface area contributed by atoms with E-state index >= 15 is 0 Å². The highest BCUT2D eigenvalue weighted by molar-refractivity contribution is 5.55. The van der Waals surface area contributed by atoms with Gasteiger partial charge in [-0.3, -0.25) is 0 Å². The summed E-state index contributed by atoms with van der Waals surface area (Å²) in [5.74, 6) is 1.68. The maximum absolute atomic E-state index is 3.86. The van der Waals surface area contributed by atoms with Crippen LogP contribution in [0.3, 0.4) is 0 Å². The van der Waals surface area contributed by atoms with Gasteiger partial charge in [0.25, 0.3) is 0 Å². The molecule has 1 saturated carbocycles. The Balaban J connectivity index is 1.78. The molecule has 1 heterocycles. The largest absolute Gasteiger partial charge is 0.369 e. The van der Waals surface area contributed by atoms with Crippen LogP contribution in [-0.4, -0.2) is 18.6 Å². The second kappa shape index (κ2) is 6.00. The number of nitrogens with one attached hydrogen (secondary N) is 1. The van der Waals surface area contributed by atoms with Crippen LogP contribution in [0.2, 0.25) is 0 Å². The number of fused-ring (bicyclic) bond motifs is 1. The summed E-state index contributed by atoms with van der Waals surface area (Å²) in [6, 6.07) is 8.96. The molecule has 1 fully saturated rings. The standard InChI is InChI=1S/C19H30N2/c1-15(2)7-6-12-21-14-19(3,17-10-11-17)20-13-16-8-4-5-9-18(16)21/h4-5,8-9,15,17,20H,6-7,10-14H2,1-3H3. The van der Waals surface area contributed by atoms with E-state index in [4.69, 9.17) is 0 Å². The molecule has 21 heavy (non-hydrogen) atoms. The molecular weight excluding hydrogens is 256 g/mol. The lowest BCUT2D eigenvalue weighted by molar-refractivity contribution is 0.315. The molecule has 0 radical (unpaired) electrons. The van der Waals surface area contributed by atoms with Crippen LogP contribution in [0.4, 0.5) is 5.69 Å². The summed E-state index contributed by atoms with van der Waals surface area (Å²) in [6.45, 7) is 10.5. The van der Waals surface area contributed by atoms with Crippen LogP contribution in [-0.2, 0) is 6.54 Å². The molecule has 0 saturated heterocycles. The summed E-state index contributed by atoms with van der Waals surface area (Å²) >= 11 is 0. The second-order valence-electron chi connectivity index (χ2n) is 7.63. The van der Waals surface area contributed by atoms with Crippen molar-refractivity contribution in [2.75, 3.05) is 18.0 Å². The van der Waals surface area contributed by atoms with E-state index in [1.165, 1.54) is 43.5 Å². The monoisotopic (exact) mass is 286 g/mol. The molecule has 2 nitrogen and oxygen atoms in total. The smallest absolute Gasteiger partial charge is 0.0412 e. The van der Waals surface area contributed by atoms with Crippen molar-refractivity contribution in [3.05, 3.63) is 29.8 Å². The van der Waals surface area contributed by atoms with Crippen LogP contribution in [0.1, 0.15) is 52.0 Å². The summed E-state index contributed by atoms with van der Waals surface area (Å²) < 4.78 is 0.